The first-order chi connectivity index (χ1) is 21.4. The number of aliphatic hydroxyl groups excluding tert-OH is 2. The molecule has 1 aliphatic carbocycles. The Morgan fingerprint density at radius 3 is 2.22 bits per heavy atom. The Balaban J connectivity index is 1.56. The number of hydrogen-bond acceptors (Lipinski definition) is 7. The van der Waals surface area contributed by atoms with E-state index in [0.717, 1.165) is 22.3 Å². The number of aliphatic carboxylic acids is 1. The number of carboxylic acid groups (broad SMARTS) is 1. The zero-order valence-corrected chi connectivity index (χ0v) is 25.8. The van der Waals surface area contributed by atoms with E-state index in [2.05, 4.69) is 10.6 Å². The molecule has 0 fully saturated rings. The smallest absolute Gasteiger partial charge is 0.407 e. The number of benzene rings is 3. The van der Waals surface area contributed by atoms with Gasteiger partial charge in [0.25, 0.3) is 0 Å². The molecule has 45 heavy (non-hydrogen) atoms. The van der Waals surface area contributed by atoms with Crippen LogP contribution in [-0.4, -0.2) is 63.7 Å². The second kappa shape index (κ2) is 15.0. The molecule has 10 nitrogen and oxygen atoms in total. The van der Waals surface area contributed by atoms with Crippen LogP contribution in [0, 0.1) is 5.92 Å². The third-order valence-corrected chi connectivity index (χ3v) is 7.63. The van der Waals surface area contributed by atoms with Gasteiger partial charge in [0.1, 0.15) is 11.4 Å². The average Bonchev–Trinajstić information content (AvgIpc) is 3.30. The van der Waals surface area contributed by atoms with Crippen LogP contribution < -0.4 is 15.4 Å². The minimum atomic E-state index is -1.13. The number of amides is 2. The lowest BCUT2D eigenvalue weighted by Crippen LogP contribution is -2.48. The van der Waals surface area contributed by atoms with Crippen molar-refractivity contribution < 1.29 is 39.2 Å². The molecule has 2 amide bonds. The summed E-state index contributed by atoms with van der Waals surface area (Å²) in [6.07, 6.45) is -1.64. The van der Waals surface area contributed by atoms with Crippen molar-refractivity contribution >= 4 is 18.0 Å². The van der Waals surface area contributed by atoms with Crippen LogP contribution in [0.1, 0.15) is 55.5 Å². The van der Waals surface area contributed by atoms with Crippen molar-refractivity contribution in [3.63, 3.8) is 0 Å². The number of aliphatic hydroxyl groups is 2. The number of hydrogen-bond donors (Lipinski definition) is 5. The molecule has 0 saturated heterocycles. The zero-order valence-electron chi connectivity index (χ0n) is 25.8. The average molecular weight is 619 g/mol. The van der Waals surface area contributed by atoms with E-state index >= 15 is 0 Å². The van der Waals surface area contributed by atoms with Gasteiger partial charge in [0.05, 0.1) is 24.3 Å². The molecule has 5 atom stereocenters. The molecular weight excluding hydrogens is 576 g/mol. The molecule has 3 aromatic rings. The van der Waals surface area contributed by atoms with E-state index in [0.29, 0.717) is 18.6 Å². The number of nitrogens with one attached hydrogen (secondary N) is 2. The van der Waals surface area contributed by atoms with Crippen molar-refractivity contribution in [3.05, 3.63) is 101 Å². The number of ether oxygens (including phenoxy) is 2. The molecular formula is C35H42N2O8. The van der Waals surface area contributed by atoms with Crippen molar-refractivity contribution in [2.24, 2.45) is 5.92 Å². The van der Waals surface area contributed by atoms with E-state index in [9.17, 15) is 24.6 Å². The first-order valence-corrected chi connectivity index (χ1v) is 15.1. The molecule has 1 aliphatic rings. The Labute approximate surface area is 263 Å². The standard InChI is InChI=1S/C35H42N2O8/c1-35(2,3)45-34(43)36-28(18-22-9-5-4-6-10-22)29(38)20-25(17-23-13-15-26(16-14-23)44-21-31(40)41)33(42)37-32-27-12-8-7-11-24(27)19-30(32)39/h4-16,25,28-30,32,38-39H,17-21H2,1-3H3,(H,36,43)(H,37,42)(H,40,41)/t25-,28-,29-,30?,32+/m0/s1. The Kier molecular flexibility index (Phi) is 11.2. The van der Waals surface area contributed by atoms with E-state index in [-0.39, 0.29) is 18.7 Å². The lowest BCUT2D eigenvalue weighted by molar-refractivity contribution is -0.139. The molecule has 0 spiro atoms. The van der Waals surface area contributed by atoms with E-state index in [4.69, 9.17) is 14.6 Å². The fraction of sp³-hybridized carbons (Fsp3) is 0.400. The molecule has 4 rings (SSSR count). The molecule has 0 aromatic heterocycles. The number of fused-ring (bicyclic) bond motifs is 1. The number of rotatable bonds is 13. The molecule has 0 radical (unpaired) electrons. The molecule has 0 aliphatic heterocycles. The lowest BCUT2D eigenvalue weighted by atomic mass is 9.88. The van der Waals surface area contributed by atoms with Gasteiger partial charge in [-0.2, -0.15) is 0 Å². The van der Waals surface area contributed by atoms with Gasteiger partial charge >= 0.3 is 12.1 Å². The van der Waals surface area contributed by atoms with Gasteiger partial charge in [-0.15, -0.1) is 0 Å². The summed E-state index contributed by atoms with van der Waals surface area (Å²) in [7, 11) is 0. The van der Waals surface area contributed by atoms with Gasteiger partial charge in [0.2, 0.25) is 5.91 Å². The van der Waals surface area contributed by atoms with Gasteiger partial charge in [0.15, 0.2) is 6.61 Å². The molecule has 1 unspecified atom stereocenters. The largest absolute Gasteiger partial charge is 0.482 e. The fourth-order valence-electron chi connectivity index (χ4n) is 5.52. The van der Waals surface area contributed by atoms with Crippen LogP contribution in [-0.2, 0) is 33.6 Å². The summed E-state index contributed by atoms with van der Waals surface area (Å²) in [5.41, 5.74) is 2.73. The van der Waals surface area contributed by atoms with Crippen LogP contribution in [0.5, 0.6) is 5.75 Å². The lowest BCUT2D eigenvalue weighted by Gasteiger charge is -2.29. The summed E-state index contributed by atoms with van der Waals surface area (Å²) in [5, 5.41) is 37.1. The van der Waals surface area contributed by atoms with Crippen molar-refractivity contribution in [1.29, 1.82) is 0 Å². The summed E-state index contributed by atoms with van der Waals surface area (Å²) in [5.74, 6) is -1.82. The fourth-order valence-corrected chi connectivity index (χ4v) is 5.52. The molecule has 5 N–H and O–H groups in total. The van der Waals surface area contributed by atoms with Crippen molar-refractivity contribution in [3.8, 4) is 5.75 Å². The van der Waals surface area contributed by atoms with E-state index in [1.165, 1.54) is 0 Å². The minimum absolute atomic E-state index is 0.000852. The Bertz CT molecular complexity index is 1440. The summed E-state index contributed by atoms with van der Waals surface area (Å²) in [6.45, 7) is 4.78. The van der Waals surface area contributed by atoms with Crippen molar-refractivity contribution in [1.82, 2.24) is 10.6 Å². The van der Waals surface area contributed by atoms with E-state index in [1.807, 2.05) is 54.6 Å². The van der Waals surface area contributed by atoms with Gasteiger partial charge in [-0.05, 0) is 74.4 Å². The monoisotopic (exact) mass is 618 g/mol. The maximum absolute atomic E-state index is 13.9. The summed E-state index contributed by atoms with van der Waals surface area (Å²) < 4.78 is 10.7. The van der Waals surface area contributed by atoms with Crippen LogP contribution in [0.4, 0.5) is 4.79 Å². The van der Waals surface area contributed by atoms with Crippen molar-refractivity contribution in [2.45, 2.75) is 76.3 Å². The molecule has 10 heteroatoms. The highest BCUT2D eigenvalue weighted by molar-refractivity contribution is 5.80. The van der Waals surface area contributed by atoms with Gasteiger partial charge in [-0.25, -0.2) is 9.59 Å². The first kappa shape index (κ1) is 33.5. The van der Waals surface area contributed by atoms with Gasteiger partial charge in [0, 0.05) is 12.3 Å². The zero-order chi connectivity index (χ0) is 32.6. The molecule has 0 saturated carbocycles. The van der Waals surface area contributed by atoms with Crippen LogP contribution in [0.3, 0.4) is 0 Å². The second-order valence-electron chi connectivity index (χ2n) is 12.4. The van der Waals surface area contributed by atoms with E-state index in [1.54, 1.807) is 45.0 Å². The third kappa shape index (κ3) is 10.1. The Hall–Kier alpha value is -4.41. The first-order valence-electron chi connectivity index (χ1n) is 15.1. The van der Waals surface area contributed by atoms with Crippen LogP contribution in [0.25, 0.3) is 0 Å². The normalized spacial score (nSPS) is 17.8. The summed E-state index contributed by atoms with van der Waals surface area (Å²) in [4.78, 5) is 37.5. The predicted octanol–water partition coefficient (Wildman–Crippen LogP) is 3.97. The Morgan fingerprint density at radius 2 is 1.56 bits per heavy atom. The summed E-state index contributed by atoms with van der Waals surface area (Å²) >= 11 is 0. The van der Waals surface area contributed by atoms with Gasteiger partial charge in [-0.1, -0.05) is 66.7 Å². The number of alkyl carbamates (subject to hydrolysis) is 1. The molecule has 240 valence electrons. The summed E-state index contributed by atoms with van der Waals surface area (Å²) in [6, 6.07) is 22.4. The molecule has 0 bridgehead atoms. The van der Waals surface area contributed by atoms with Crippen molar-refractivity contribution in [2.75, 3.05) is 6.61 Å². The predicted molar refractivity (Wildman–Crippen MR) is 168 cm³/mol. The van der Waals surface area contributed by atoms with Crippen LogP contribution in [0.15, 0.2) is 78.9 Å². The minimum Gasteiger partial charge on any atom is -0.482 e. The maximum atomic E-state index is 13.9. The second-order valence-corrected chi connectivity index (χ2v) is 12.4. The third-order valence-electron chi connectivity index (χ3n) is 7.63. The number of carbonyl (C=O) groups is 3. The number of carbonyl (C=O) groups excluding carboxylic acids is 2. The highest BCUT2D eigenvalue weighted by atomic mass is 16.6. The quantitative estimate of drug-likeness (QED) is 0.193. The van der Waals surface area contributed by atoms with Gasteiger partial charge in [-0.3, -0.25) is 4.79 Å². The SMILES string of the molecule is CC(C)(C)OC(=O)N[C@@H](Cc1ccccc1)[C@@H](O)C[C@H](Cc1ccc(OCC(=O)O)cc1)C(=O)N[C@@H]1c2ccccc2CC1O. The van der Waals surface area contributed by atoms with Crippen LogP contribution >= 0.6 is 0 Å². The molecule has 3 aromatic carbocycles. The van der Waals surface area contributed by atoms with Gasteiger partial charge < -0.3 is 35.4 Å². The highest BCUT2D eigenvalue weighted by Crippen LogP contribution is 2.32. The Morgan fingerprint density at radius 1 is 0.911 bits per heavy atom. The maximum Gasteiger partial charge on any atom is 0.407 e. The topological polar surface area (TPSA) is 154 Å². The molecule has 0 heterocycles. The van der Waals surface area contributed by atoms with Crippen LogP contribution in [0.2, 0.25) is 0 Å². The highest BCUT2D eigenvalue weighted by Gasteiger charge is 2.35. The van der Waals surface area contributed by atoms with E-state index < -0.39 is 54.5 Å². The number of carboxylic acids is 1.